The van der Waals surface area contributed by atoms with Crippen molar-refractivity contribution in [3.05, 3.63) is 87.1 Å². The smallest absolute Gasteiger partial charge is 0.136 e. The van der Waals surface area contributed by atoms with E-state index in [1.165, 1.54) is 17.2 Å². The molecule has 1 aliphatic heterocycles. The van der Waals surface area contributed by atoms with Gasteiger partial charge < -0.3 is 4.90 Å². The van der Waals surface area contributed by atoms with Crippen molar-refractivity contribution in [2.24, 2.45) is 0 Å². The lowest BCUT2D eigenvalue weighted by molar-refractivity contribution is 0.611. The molecule has 152 valence electrons. The fraction of sp³-hybridized carbons (Fsp3) is 0.304. The zero-order valence-corrected chi connectivity index (χ0v) is 18.3. The maximum Gasteiger partial charge on any atom is 0.136 e. The van der Waals surface area contributed by atoms with E-state index in [9.17, 15) is 4.39 Å². The largest absolute Gasteiger partial charge is 0.349 e. The number of benzene rings is 2. The Labute approximate surface area is 182 Å². The summed E-state index contributed by atoms with van der Waals surface area (Å²) in [4.78, 5) is 11.9. The minimum absolute atomic E-state index is 0. The second-order valence-electron chi connectivity index (χ2n) is 7.44. The quantitative estimate of drug-likeness (QED) is 0.507. The van der Waals surface area contributed by atoms with Crippen molar-refractivity contribution in [3.63, 3.8) is 0 Å². The molecule has 1 aliphatic rings. The van der Waals surface area contributed by atoms with Crippen LogP contribution in [0.4, 0.5) is 10.2 Å². The van der Waals surface area contributed by atoms with Crippen molar-refractivity contribution in [2.45, 2.75) is 39.7 Å². The topological polar surface area (TPSA) is 29.0 Å². The van der Waals surface area contributed by atoms with Gasteiger partial charge in [0.05, 0.1) is 6.04 Å². The number of rotatable bonds is 3. The van der Waals surface area contributed by atoms with Gasteiger partial charge in [-0.15, -0.1) is 12.4 Å². The Kier molecular flexibility index (Phi) is 6.45. The van der Waals surface area contributed by atoms with Crippen LogP contribution in [0.25, 0.3) is 0 Å². The van der Waals surface area contributed by atoms with Gasteiger partial charge in [-0.2, -0.15) is 0 Å². The molecule has 0 fully saturated rings. The predicted octanol–water partition coefficient (Wildman–Crippen LogP) is 6.02. The Morgan fingerprint density at radius 2 is 1.93 bits per heavy atom. The van der Waals surface area contributed by atoms with Gasteiger partial charge in [0.25, 0.3) is 0 Å². The summed E-state index contributed by atoms with van der Waals surface area (Å²) in [6.07, 6.45) is 1.45. The minimum Gasteiger partial charge on any atom is -0.349 e. The Morgan fingerprint density at radius 3 is 2.69 bits per heavy atom. The van der Waals surface area contributed by atoms with E-state index in [0.29, 0.717) is 6.42 Å². The monoisotopic (exact) mass is 431 g/mol. The third-order valence-electron chi connectivity index (χ3n) is 5.58. The lowest BCUT2D eigenvalue weighted by Gasteiger charge is -2.37. The molecule has 1 unspecified atom stereocenters. The number of halogens is 3. The standard InChI is InChI=1S/C23H23ClFN3.ClH/c1-14-15(2)26-22(12-17-5-4-6-20(25)11-17)27-23(14)28-10-9-18-13-19(24)7-8-21(18)16(28)3;/h4-8,11,13,16H,9-10,12H2,1-3H3;1H. The van der Waals surface area contributed by atoms with Gasteiger partial charge in [-0.3, -0.25) is 0 Å². The van der Waals surface area contributed by atoms with Crippen LogP contribution >= 0.6 is 24.0 Å². The molecule has 3 aromatic rings. The van der Waals surface area contributed by atoms with Gasteiger partial charge in [0, 0.05) is 29.2 Å². The molecule has 0 spiro atoms. The summed E-state index contributed by atoms with van der Waals surface area (Å²) >= 11 is 6.17. The fourth-order valence-corrected chi connectivity index (χ4v) is 4.14. The highest BCUT2D eigenvalue weighted by Crippen LogP contribution is 2.35. The zero-order chi connectivity index (χ0) is 19.8. The predicted molar refractivity (Wildman–Crippen MR) is 119 cm³/mol. The van der Waals surface area contributed by atoms with Crippen LogP contribution < -0.4 is 4.90 Å². The summed E-state index contributed by atoms with van der Waals surface area (Å²) in [6, 6.07) is 13.0. The SMILES string of the molecule is Cc1nc(Cc2cccc(F)c2)nc(N2CCc3cc(Cl)ccc3C2C)c1C.Cl. The molecule has 0 saturated heterocycles. The highest BCUT2D eigenvalue weighted by Gasteiger charge is 2.27. The summed E-state index contributed by atoms with van der Waals surface area (Å²) in [6.45, 7) is 7.17. The molecular formula is C23H24Cl2FN3. The first-order chi connectivity index (χ1) is 13.4. The second kappa shape index (κ2) is 8.68. The van der Waals surface area contributed by atoms with E-state index in [-0.39, 0.29) is 24.3 Å². The molecule has 2 aromatic carbocycles. The van der Waals surface area contributed by atoms with E-state index < -0.39 is 0 Å². The Balaban J connectivity index is 0.00000240. The average Bonchev–Trinajstić information content (AvgIpc) is 2.65. The highest BCUT2D eigenvalue weighted by atomic mass is 35.5. The zero-order valence-electron chi connectivity index (χ0n) is 16.7. The molecule has 3 nitrogen and oxygen atoms in total. The van der Waals surface area contributed by atoms with Crippen molar-refractivity contribution in [1.82, 2.24) is 9.97 Å². The van der Waals surface area contributed by atoms with Crippen LogP contribution in [0.5, 0.6) is 0 Å². The van der Waals surface area contributed by atoms with Crippen LogP contribution in [-0.4, -0.2) is 16.5 Å². The molecule has 0 aliphatic carbocycles. The first-order valence-corrected chi connectivity index (χ1v) is 9.93. The van der Waals surface area contributed by atoms with Gasteiger partial charge in [0.15, 0.2) is 0 Å². The number of nitrogens with zero attached hydrogens (tertiary/aromatic N) is 3. The van der Waals surface area contributed by atoms with E-state index in [0.717, 1.165) is 46.5 Å². The van der Waals surface area contributed by atoms with Crippen LogP contribution in [0, 0.1) is 19.7 Å². The second-order valence-corrected chi connectivity index (χ2v) is 7.88. The number of hydrogen-bond donors (Lipinski definition) is 0. The summed E-state index contributed by atoms with van der Waals surface area (Å²) in [5, 5.41) is 0.783. The number of fused-ring (bicyclic) bond motifs is 1. The first kappa shape index (κ1) is 21.5. The average molecular weight is 432 g/mol. The van der Waals surface area contributed by atoms with Crippen LogP contribution in [0.3, 0.4) is 0 Å². The van der Waals surface area contributed by atoms with E-state index in [4.69, 9.17) is 16.6 Å². The summed E-state index contributed by atoms with van der Waals surface area (Å²) in [5.41, 5.74) is 5.52. The molecule has 0 radical (unpaired) electrons. The van der Waals surface area contributed by atoms with E-state index in [2.05, 4.69) is 35.9 Å². The summed E-state index contributed by atoms with van der Waals surface area (Å²) in [7, 11) is 0. The van der Waals surface area contributed by atoms with Gasteiger partial charge >= 0.3 is 0 Å². The van der Waals surface area contributed by atoms with E-state index >= 15 is 0 Å². The molecule has 2 heterocycles. The number of hydrogen-bond acceptors (Lipinski definition) is 3. The number of aromatic nitrogens is 2. The van der Waals surface area contributed by atoms with Gasteiger partial charge in [0.2, 0.25) is 0 Å². The molecule has 6 heteroatoms. The van der Waals surface area contributed by atoms with Crippen LogP contribution in [0.15, 0.2) is 42.5 Å². The van der Waals surface area contributed by atoms with Crippen molar-refractivity contribution in [3.8, 4) is 0 Å². The maximum absolute atomic E-state index is 13.5. The van der Waals surface area contributed by atoms with Crippen LogP contribution in [0.2, 0.25) is 5.02 Å². The molecule has 1 atom stereocenters. The Morgan fingerprint density at radius 1 is 1.14 bits per heavy atom. The maximum atomic E-state index is 13.5. The normalized spacial score (nSPS) is 15.6. The van der Waals surface area contributed by atoms with Gasteiger partial charge in [0.1, 0.15) is 17.5 Å². The number of aryl methyl sites for hydroxylation is 1. The molecule has 0 amide bonds. The van der Waals surface area contributed by atoms with Crippen molar-refractivity contribution in [1.29, 1.82) is 0 Å². The summed E-state index contributed by atoms with van der Waals surface area (Å²) < 4.78 is 13.5. The lowest BCUT2D eigenvalue weighted by Crippen LogP contribution is -2.35. The third-order valence-corrected chi connectivity index (χ3v) is 5.81. The van der Waals surface area contributed by atoms with Crippen LogP contribution in [0.1, 0.15) is 46.7 Å². The lowest BCUT2D eigenvalue weighted by atomic mass is 9.93. The fourth-order valence-electron chi connectivity index (χ4n) is 3.95. The Bertz CT molecular complexity index is 1040. The van der Waals surface area contributed by atoms with Gasteiger partial charge in [-0.1, -0.05) is 29.8 Å². The molecule has 1 aromatic heterocycles. The molecule has 0 bridgehead atoms. The minimum atomic E-state index is -0.235. The van der Waals surface area contributed by atoms with Crippen molar-refractivity contribution >= 4 is 29.8 Å². The van der Waals surface area contributed by atoms with Crippen molar-refractivity contribution < 1.29 is 4.39 Å². The Hall–Kier alpha value is -2.17. The van der Waals surface area contributed by atoms with Crippen LogP contribution in [-0.2, 0) is 12.8 Å². The number of anilines is 1. The highest BCUT2D eigenvalue weighted by molar-refractivity contribution is 6.30. The molecule has 0 N–H and O–H groups in total. The molecular weight excluding hydrogens is 408 g/mol. The molecule has 0 saturated carbocycles. The van der Waals surface area contributed by atoms with E-state index in [1.807, 2.05) is 19.1 Å². The van der Waals surface area contributed by atoms with Crippen molar-refractivity contribution in [2.75, 3.05) is 11.4 Å². The summed E-state index contributed by atoms with van der Waals surface area (Å²) in [5.74, 6) is 1.45. The molecule has 29 heavy (non-hydrogen) atoms. The molecule has 4 rings (SSSR count). The van der Waals surface area contributed by atoms with E-state index in [1.54, 1.807) is 12.1 Å². The van der Waals surface area contributed by atoms with Gasteiger partial charge in [-0.05, 0) is 68.1 Å². The first-order valence-electron chi connectivity index (χ1n) is 9.56. The third kappa shape index (κ3) is 4.39. The van der Waals surface area contributed by atoms with Gasteiger partial charge in [-0.25, -0.2) is 14.4 Å².